The molecule has 1 rings (SSSR count). The smallest absolute Gasteiger partial charge is 0.310 e. The number of esters is 1. The lowest BCUT2D eigenvalue weighted by Gasteiger charge is -2.33. The SMILES string of the molecule is CCOC(=O)C1CCCN(C(=O)C(N)CCOC)C1. The van der Waals surface area contributed by atoms with Crippen LogP contribution in [0.4, 0.5) is 0 Å². The zero-order valence-corrected chi connectivity index (χ0v) is 11.8. The lowest BCUT2D eigenvalue weighted by atomic mass is 9.97. The van der Waals surface area contributed by atoms with Gasteiger partial charge in [-0.2, -0.15) is 0 Å². The van der Waals surface area contributed by atoms with Gasteiger partial charge in [-0.25, -0.2) is 0 Å². The third kappa shape index (κ3) is 4.80. The van der Waals surface area contributed by atoms with Crippen LogP contribution in [0.1, 0.15) is 26.2 Å². The molecule has 1 heterocycles. The van der Waals surface area contributed by atoms with Crippen molar-refractivity contribution in [3.05, 3.63) is 0 Å². The third-order valence-corrected chi connectivity index (χ3v) is 3.30. The highest BCUT2D eigenvalue weighted by atomic mass is 16.5. The van der Waals surface area contributed by atoms with Crippen molar-refractivity contribution in [2.45, 2.75) is 32.2 Å². The number of amides is 1. The van der Waals surface area contributed by atoms with Crippen LogP contribution in [-0.4, -0.2) is 56.2 Å². The van der Waals surface area contributed by atoms with Gasteiger partial charge in [-0.05, 0) is 26.2 Å². The minimum Gasteiger partial charge on any atom is -0.466 e. The van der Waals surface area contributed by atoms with Gasteiger partial charge in [0.2, 0.25) is 5.91 Å². The first-order valence-corrected chi connectivity index (χ1v) is 6.80. The molecule has 1 aliphatic heterocycles. The van der Waals surface area contributed by atoms with Gasteiger partial charge in [-0.3, -0.25) is 9.59 Å². The summed E-state index contributed by atoms with van der Waals surface area (Å²) in [5, 5.41) is 0. The minimum atomic E-state index is -0.555. The minimum absolute atomic E-state index is 0.106. The van der Waals surface area contributed by atoms with E-state index in [0.29, 0.717) is 32.7 Å². The Bertz CT molecular complexity index is 309. The van der Waals surface area contributed by atoms with Crippen molar-refractivity contribution in [2.75, 3.05) is 33.4 Å². The normalized spacial score (nSPS) is 21.0. The van der Waals surface area contributed by atoms with Crippen molar-refractivity contribution in [3.8, 4) is 0 Å². The molecule has 6 nitrogen and oxygen atoms in total. The Labute approximate surface area is 114 Å². The van der Waals surface area contributed by atoms with Crippen molar-refractivity contribution in [2.24, 2.45) is 11.7 Å². The second-order valence-corrected chi connectivity index (χ2v) is 4.76. The van der Waals surface area contributed by atoms with E-state index in [2.05, 4.69) is 0 Å². The fraction of sp³-hybridized carbons (Fsp3) is 0.846. The molecule has 2 unspecified atom stereocenters. The molecule has 6 heteroatoms. The molecule has 110 valence electrons. The predicted molar refractivity (Wildman–Crippen MR) is 70.4 cm³/mol. The van der Waals surface area contributed by atoms with E-state index in [0.717, 1.165) is 12.8 Å². The molecular formula is C13H24N2O4. The summed E-state index contributed by atoms with van der Waals surface area (Å²) in [4.78, 5) is 25.5. The molecule has 0 aromatic rings. The van der Waals surface area contributed by atoms with Crippen LogP contribution in [0.3, 0.4) is 0 Å². The van der Waals surface area contributed by atoms with E-state index in [-0.39, 0.29) is 17.8 Å². The molecule has 0 spiro atoms. The topological polar surface area (TPSA) is 81.9 Å². The molecule has 0 radical (unpaired) electrons. The van der Waals surface area contributed by atoms with Crippen LogP contribution < -0.4 is 5.73 Å². The molecule has 1 fully saturated rings. The Hall–Kier alpha value is -1.14. The van der Waals surface area contributed by atoms with Crippen molar-refractivity contribution in [1.82, 2.24) is 4.90 Å². The molecule has 1 saturated heterocycles. The number of nitrogens with two attached hydrogens (primary N) is 1. The van der Waals surface area contributed by atoms with Crippen molar-refractivity contribution in [3.63, 3.8) is 0 Å². The quantitative estimate of drug-likeness (QED) is 0.696. The van der Waals surface area contributed by atoms with Gasteiger partial charge in [0.15, 0.2) is 0 Å². The average Bonchev–Trinajstić information content (AvgIpc) is 2.44. The largest absolute Gasteiger partial charge is 0.466 e. The number of rotatable bonds is 6. The number of nitrogens with zero attached hydrogens (tertiary/aromatic N) is 1. The number of carbonyl (C=O) groups is 2. The maximum atomic E-state index is 12.1. The summed E-state index contributed by atoms with van der Waals surface area (Å²) >= 11 is 0. The molecule has 0 saturated carbocycles. The van der Waals surface area contributed by atoms with Crippen LogP contribution in [0.2, 0.25) is 0 Å². The van der Waals surface area contributed by atoms with E-state index < -0.39 is 6.04 Å². The predicted octanol–water partition coefficient (Wildman–Crippen LogP) is 0.152. The zero-order chi connectivity index (χ0) is 14.3. The lowest BCUT2D eigenvalue weighted by molar-refractivity contribution is -0.151. The number of hydrogen-bond acceptors (Lipinski definition) is 5. The first-order valence-electron chi connectivity index (χ1n) is 6.80. The van der Waals surface area contributed by atoms with Gasteiger partial charge in [-0.1, -0.05) is 0 Å². The highest BCUT2D eigenvalue weighted by Gasteiger charge is 2.31. The molecule has 19 heavy (non-hydrogen) atoms. The Morgan fingerprint density at radius 3 is 2.84 bits per heavy atom. The van der Waals surface area contributed by atoms with Crippen molar-refractivity contribution >= 4 is 11.9 Å². The molecule has 2 atom stereocenters. The van der Waals surface area contributed by atoms with Crippen LogP contribution in [0.15, 0.2) is 0 Å². The number of likely N-dealkylation sites (tertiary alicyclic amines) is 1. The Morgan fingerprint density at radius 2 is 2.21 bits per heavy atom. The van der Waals surface area contributed by atoms with Gasteiger partial charge in [0.05, 0.1) is 18.6 Å². The van der Waals surface area contributed by atoms with Gasteiger partial charge < -0.3 is 20.1 Å². The molecule has 0 aromatic heterocycles. The second kappa shape index (κ2) is 8.12. The number of methoxy groups -OCH3 is 1. The number of carbonyl (C=O) groups excluding carboxylic acids is 2. The number of hydrogen-bond donors (Lipinski definition) is 1. The Kier molecular flexibility index (Phi) is 6.80. The summed E-state index contributed by atoms with van der Waals surface area (Å²) < 4.78 is 9.92. The second-order valence-electron chi connectivity index (χ2n) is 4.76. The van der Waals surface area contributed by atoms with Gasteiger partial charge in [0.1, 0.15) is 0 Å². The van der Waals surface area contributed by atoms with Crippen LogP contribution in [0.5, 0.6) is 0 Å². The van der Waals surface area contributed by atoms with Crippen LogP contribution in [0, 0.1) is 5.92 Å². The molecule has 0 bridgehead atoms. The standard InChI is InChI=1S/C13H24N2O4/c1-3-19-13(17)10-5-4-7-15(9-10)12(16)11(14)6-8-18-2/h10-11H,3-9,14H2,1-2H3. The first kappa shape index (κ1) is 15.9. The first-order chi connectivity index (χ1) is 9.10. The average molecular weight is 272 g/mol. The van der Waals surface area contributed by atoms with E-state index in [1.807, 2.05) is 0 Å². The van der Waals surface area contributed by atoms with Crippen LogP contribution in [-0.2, 0) is 19.1 Å². The maximum Gasteiger partial charge on any atom is 0.310 e. The summed E-state index contributed by atoms with van der Waals surface area (Å²) in [6, 6.07) is -0.555. The van der Waals surface area contributed by atoms with E-state index in [9.17, 15) is 9.59 Å². The van der Waals surface area contributed by atoms with E-state index in [4.69, 9.17) is 15.2 Å². The van der Waals surface area contributed by atoms with E-state index in [1.165, 1.54) is 0 Å². The van der Waals surface area contributed by atoms with Gasteiger partial charge in [0, 0.05) is 26.8 Å². The molecule has 0 aromatic carbocycles. The Morgan fingerprint density at radius 1 is 1.47 bits per heavy atom. The molecule has 2 N–H and O–H groups in total. The monoisotopic (exact) mass is 272 g/mol. The summed E-state index contributed by atoms with van der Waals surface area (Å²) in [5.41, 5.74) is 5.83. The summed E-state index contributed by atoms with van der Waals surface area (Å²) in [5.74, 6) is -0.538. The number of piperidine rings is 1. The van der Waals surface area contributed by atoms with Crippen molar-refractivity contribution in [1.29, 1.82) is 0 Å². The summed E-state index contributed by atoms with van der Waals surface area (Å²) in [6.45, 7) is 3.69. The zero-order valence-electron chi connectivity index (χ0n) is 11.8. The van der Waals surface area contributed by atoms with E-state index in [1.54, 1.807) is 18.9 Å². The Balaban J connectivity index is 2.49. The highest BCUT2D eigenvalue weighted by molar-refractivity contribution is 5.82. The van der Waals surface area contributed by atoms with E-state index >= 15 is 0 Å². The fourth-order valence-corrected chi connectivity index (χ4v) is 2.23. The molecule has 1 aliphatic rings. The van der Waals surface area contributed by atoms with Gasteiger partial charge in [0.25, 0.3) is 0 Å². The third-order valence-electron chi connectivity index (χ3n) is 3.30. The number of ether oxygens (including phenoxy) is 2. The maximum absolute atomic E-state index is 12.1. The summed E-state index contributed by atoms with van der Waals surface area (Å²) in [6.07, 6.45) is 2.08. The van der Waals surface area contributed by atoms with Gasteiger partial charge in [-0.15, -0.1) is 0 Å². The van der Waals surface area contributed by atoms with Gasteiger partial charge >= 0.3 is 5.97 Å². The molecule has 1 amide bonds. The van der Waals surface area contributed by atoms with Crippen molar-refractivity contribution < 1.29 is 19.1 Å². The lowest BCUT2D eigenvalue weighted by Crippen LogP contribution is -2.49. The van der Waals surface area contributed by atoms with Crippen LogP contribution in [0.25, 0.3) is 0 Å². The summed E-state index contributed by atoms with van der Waals surface area (Å²) in [7, 11) is 1.58. The van der Waals surface area contributed by atoms with Crippen LogP contribution >= 0.6 is 0 Å². The highest BCUT2D eigenvalue weighted by Crippen LogP contribution is 2.18. The molecular weight excluding hydrogens is 248 g/mol. The fourth-order valence-electron chi connectivity index (χ4n) is 2.23. The molecule has 0 aliphatic carbocycles.